The van der Waals surface area contributed by atoms with Crippen LogP contribution in [-0.4, -0.2) is 15.9 Å². The SMILES string of the molecule is Cc1ccccc1CCC(=O)Nc1ccc2nccnc2c1. The first-order chi connectivity index (χ1) is 10.7. The van der Waals surface area contributed by atoms with Crippen molar-refractivity contribution in [3.05, 3.63) is 66.0 Å². The largest absolute Gasteiger partial charge is 0.326 e. The standard InChI is InChI=1S/C18H17N3O/c1-13-4-2-3-5-14(13)6-9-18(22)21-15-7-8-16-17(12-15)20-11-10-19-16/h2-5,7-8,10-12H,6,9H2,1H3,(H,21,22). The van der Waals surface area contributed by atoms with Crippen molar-refractivity contribution in [2.75, 3.05) is 5.32 Å². The molecule has 0 aliphatic heterocycles. The van der Waals surface area contributed by atoms with Crippen molar-refractivity contribution in [1.29, 1.82) is 0 Å². The number of nitrogens with zero attached hydrogens (tertiary/aromatic N) is 2. The van der Waals surface area contributed by atoms with E-state index >= 15 is 0 Å². The van der Waals surface area contributed by atoms with E-state index in [2.05, 4.69) is 34.3 Å². The van der Waals surface area contributed by atoms with E-state index in [4.69, 9.17) is 0 Å². The Labute approximate surface area is 129 Å². The van der Waals surface area contributed by atoms with E-state index in [1.807, 2.05) is 30.3 Å². The molecule has 2 aromatic carbocycles. The Morgan fingerprint density at radius 1 is 1.05 bits per heavy atom. The molecule has 3 rings (SSSR count). The molecule has 0 aliphatic carbocycles. The molecular weight excluding hydrogens is 274 g/mol. The molecule has 1 amide bonds. The molecule has 4 nitrogen and oxygen atoms in total. The van der Waals surface area contributed by atoms with Crippen LogP contribution in [0.2, 0.25) is 0 Å². The van der Waals surface area contributed by atoms with Crippen molar-refractivity contribution in [3.8, 4) is 0 Å². The number of fused-ring (bicyclic) bond motifs is 1. The number of rotatable bonds is 4. The fraction of sp³-hybridized carbons (Fsp3) is 0.167. The van der Waals surface area contributed by atoms with E-state index < -0.39 is 0 Å². The van der Waals surface area contributed by atoms with E-state index in [1.165, 1.54) is 11.1 Å². The quantitative estimate of drug-likeness (QED) is 0.800. The molecule has 0 saturated carbocycles. The minimum atomic E-state index is 0.00601. The predicted octanol–water partition coefficient (Wildman–Crippen LogP) is 3.51. The average Bonchev–Trinajstić information content (AvgIpc) is 2.54. The monoisotopic (exact) mass is 291 g/mol. The highest BCUT2D eigenvalue weighted by Crippen LogP contribution is 2.16. The number of amides is 1. The van der Waals surface area contributed by atoms with Crippen LogP contribution < -0.4 is 5.32 Å². The fourth-order valence-corrected chi connectivity index (χ4v) is 2.40. The molecule has 0 spiro atoms. The van der Waals surface area contributed by atoms with Crippen LogP contribution in [0.15, 0.2) is 54.9 Å². The second kappa shape index (κ2) is 6.35. The third kappa shape index (κ3) is 3.28. The topological polar surface area (TPSA) is 54.9 Å². The first-order valence-corrected chi connectivity index (χ1v) is 7.27. The van der Waals surface area contributed by atoms with E-state index in [0.29, 0.717) is 6.42 Å². The number of benzene rings is 2. The summed E-state index contributed by atoms with van der Waals surface area (Å²) in [6.45, 7) is 2.06. The van der Waals surface area contributed by atoms with E-state index in [-0.39, 0.29) is 5.91 Å². The van der Waals surface area contributed by atoms with Gasteiger partial charge < -0.3 is 5.32 Å². The maximum Gasteiger partial charge on any atom is 0.224 e. The Morgan fingerprint density at radius 2 is 1.82 bits per heavy atom. The van der Waals surface area contributed by atoms with Crippen LogP contribution in [0.25, 0.3) is 11.0 Å². The third-order valence-corrected chi connectivity index (χ3v) is 3.64. The highest BCUT2D eigenvalue weighted by atomic mass is 16.1. The van der Waals surface area contributed by atoms with Gasteiger partial charge in [-0.15, -0.1) is 0 Å². The molecule has 0 saturated heterocycles. The van der Waals surface area contributed by atoms with Crippen LogP contribution in [0.3, 0.4) is 0 Å². The van der Waals surface area contributed by atoms with Gasteiger partial charge in [0.05, 0.1) is 11.0 Å². The van der Waals surface area contributed by atoms with Crippen LogP contribution in [0.4, 0.5) is 5.69 Å². The molecular formula is C18H17N3O. The molecule has 0 bridgehead atoms. The summed E-state index contributed by atoms with van der Waals surface area (Å²) in [5.41, 5.74) is 4.78. The second-order valence-electron chi connectivity index (χ2n) is 5.23. The Bertz CT molecular complexity index is 814. The summed E-state index contributed by atoms with van der Waals surface area (Å²) in [6, 6.07) is 13.7. The molecule has 1 N–H and O–H groups in total. The van der Waals surface area contributed by atoms with Crippen molar-refractivity contribution >= 4 is 22.6 Å². The van der Waals surface area contributed by atoms with Gasteiger partial charge in [-0.2, -0.15) is 0 Å². The molecule has 0 radical (unpaired) electrons. The van der Waals surface area contributed by atoms with Gasteiger partial charge in [-0.25, -0.2) is 0 Å². The molecule has 0 unspecified atom stereocenters. The van der Waals surface area contributed by atoms with Gasteiger partial charge >= 0.3 is 0 Å². The third-order valence-electron chi connectivity index (χ3n) is 3.64. The van der Waals surface area contributed by atoms with E-state index in [1.54, 1.807) is 12.4 Å². The Balaban J connectivity index is 1.64. The predicted molar refractivity (Wildman–Crippen MR) is 87.7 cm³/mol. The summed E-state index contributed by atoms with van der Waals surface area (Å²) < 4.78 is 0. The number of carbonyl (C=O) groups is 1. The lowest BCUT2D eigenvalue weighted by Gasteiger charge is -2.07. The van der Waals surface area contributed by atoms with Gasteiger partial charge in [-0.05, 0) is 42.7 Å². The zero-order valence-electron chi connectivity index (χ0n) is 12.4. The maximum absolute atomic E-state index is 12.1. The summed E-state index contributed by atoms with van der Waals surface area (Å²) >= 11 is 0. The number of hydrogen-bond acceptors (Lipinski definition) is 3. The smallest absolute Gasteiger partial charge is 0.224 e. The number of hydrogen-bond donors (Lipinski definition) is 1. The van der Waals surface area contributed by atoms with Crippen LogP contribution in [0.5, 0.6) is 0 Å². The number of aryl methyl sites for hydroxylation is 2. The summed E-state index contributed by atoms with van der Waals surface area (Å²) in [5.74, 6) is 0.00601. The number of carbonyl (C=O) groups excluding carboxylic acids is 1. The van der Waals surface area contributed by atoms with Crippen molar-refractivity contribution < 1.29 is 4.79 Å². The van der Waals surface area contributed by atoms with E-state index in [9.17, 15) is 4.79 Å². The van der Waals surface area contributed by atoms with Crippen molar-refractivity contribution in [3.63, 3.8) is 0 Å². The lowest BCUT2D eigenvalue weighted by Crippen LogP contribution is -2.12. The van der Waals surface area contributed by atoms with Gasteiger partial charge in [0, 0.05) is 24.5 Å². The van der Waals surface area contributed by atoms with Gasteiger partial charge in [0.2, 0.25) is 5.91 Å². The Hall–Kier alpha value is -2.75. The van der Waals surface area contributed by atoms with Gasteiger partial charge in [0.15, 0.2) is 0 Å². The maximum atomic E-state index is 12.1. The first kappa shape index (κ1) is 14.2. The number of aromatic nitrogens is 2. The molecule has 4 heteroatoms. The zero-order valence-corrected chi connectivity index (χ0v) is 12.4. The van der Waals surface area contributed by atoms with Crippen molar-refractivity contribution in [2.45, 2.75) is 19.8 Å². The summed E-state index contributed by atoms with van der Waals surface area (Å²) in [4.78, 5) is 20.5. The summed E-state index contributed by atoms with van der Waals surface area (Å²) in [7, 11) is 0. The summed E-state index contributed by atoms with van der Waals surface area (Å²) in [6.07, 6.45) is 4.50. The molecule has 0 aliphatic rings. The van der Waals surface area contributed by atoms with Crippen LogP contribution >= 0.6 is 0 Å². The van der Waals surface area contributed by atoms with Crippen molar-refractivity contribution in [1.82, 2.24) is 9.97 Å². The molecule has 3 aromatic rings. The van der Waals surface area contributed by atoms with E-state index in [0.717, 1.165) is 23.1 Å². The fourth-order valence-electron chi connectivity index (χ4n) is 2.40. The lowest BCUT2D eigenvalue weighted by atomic mass is 10.0. The first-order valence-electron chi connectivity index (χ1n) is 7.27. The van der Waals surface area contributed by atoms with Crippen LogP contribution in [-0.2, 0) is 11.2 Å². The van der Waals surface area contributed by atoms with Crippen LogP contribution in [0, 0.1) is 6.92 Å². The molecule has 22 heavy (non-hydrogen) atoms. The lowest BCUT2D eigenvalue weighted by molar-refractivity contribution is -0.116. The molecule has 0 fully saturated rings. The second-order valence-corrected chi connectivity index (χ2v) is 5.23. The molecule has 1 aromatic heterocycles. The van der Waals surface area contributed by atoms with Crippen LogP contribution in [0.1, 0.15) is 17.5 Å². The van der Waals surface area contributed by atoms with Gasteiger partial charge in [0.1, 0.15) is 0 Å². The van der Waals surface area contributed by atoms with Gasteiger partial charge in [-0.3, -0.25) is 14.8 Å². The minimum Gasteiger partial charge on any atom is -0.326 e. The molecule has 110 valence electrons. The van der Waals surface area contributed by atoms with Crippen molar-refractivity contribution in [2.24, 2.45) is 0 Å². The normalized spacial score (nSPS) is 10.6. The van der Waals surface area contributed by atoms with Gasteiger partial charge in [-0.1, -0.05) is 24.3 Å². The van der Waals surface area contributed by atoms with Gasteiger partial charge in [0.25, 0.3) is 0 Å². The number of nitrogens with one attached hydrogen (secondary N) is 1. The molecule has 1 heterocycles. The molecule has 0 atom stereocenters. The Morgan fingerprint density at radius 3 is 2.64 bits per heavy atom. The average molecular weight is 291 g/mol. The Kier molecular flexibility index (Phi) is 4.10. The highest BCUT2D eigenvalue weighted by molar-refractivity contribution is 5.93. The minimum absolute atomic E-state index is 0.00601. The summed E-state index contributed by atoms with van der Waals surface area (Å²) in [5, 5.41) is 2.92. The number of anilines is 1. The zero-order chi connectivity index (χ0) is 15.4. The highest BCUT2D eigenvalue weighted by Gasteiger charge is 2.05.